The van der Waals surface area contributed by atoms with Crippen molar-refractivity contribution in [3.8, 4) is 0 Å². The van der Waals surface area contributed by atoms with Gasteiger partial charge in [0.25, 0.3) is 0 Å². The highest BCUT2D eigenvalue weighted by atomic mass is 16.2. The highest BCUT2D eigenvalue weighted by Crippen LogP contribution is 2.43. The molecule has 0 N–H and O–H groups in total. The number of benzene rings is 1. The van der Waals surface area contributed by atoms with E-state index in [0.717, 1.165) is 45.6 Å². The minimum Gasteiger partial charge on any atom is -0.341 e. The fourth-order valence-electron chi connectivity index (χ4n) is 3.93. The molecule has 2 heterocycles. The molecule has 2 aliphatic rings. The molecule has 0 saturated carbocycles. The first-order valence-electron chi connectivity index (χ1n) is 8.19. The lowest BCUT2D eigenvalue weighted by atomic mass is 9.66. The van der Waals surface area contributed by atoms with Gasteiger partial charge in [0.2, 0.25) is 5.91 Å². The van der Waals surface area contributed by atoms with Crippen molar-refractivity contribution < 1.29 is 4.79 Å². The van der Waals surface area contributed by atoms with Crippen molar-refractivity contribution in [2.24, 2.45) is 11.3 Å². The van der Waals surface area contributed by atoms with Gasteiger partial charge in [-0.15, -0.1) is 0 Å². The Kier molecular flexibility index (Phi) is 4.03. The topological polar surface area (TPSA) is 23.6 Å². The summed E-state index contributed by atoms with van der Waals surface area (Å²) in [7, 11) is 0. The molecular weight excluding hydrogens is 260 g/mol. The summed E-state index contributed by atoms with van der Waals surface area (Å²) in [6.07, 6.45) is 2.32. The average molecular weight is 286 g/mol. The van der Waals surface area contributed by atoms with Gasteiger partial charge < -0.3 is 4.90 Å². The molecule has 0 aromatic heterocycles. The zero-order valence-electron chi connectivity index (χ0n) is 13.2. The Morgan fingerprint density at radius 3 is 2.43 bits per heavy atom. The monoisotopic (exact) mass is 286 g/mol. The molecule has 1 aromatic carbocycles. The summed E-state index contributed by atoms with van der Waals surface area (Å²) in [5.74, 6) is 0.950. The van der Waals surface area contributed by atoms with E-state index in [1.54, 1.807) is 0 Å². The van der Waals surface area contributed by atoms with Gasteiger partial charge in [-0.05, 0) is 51.3 Å². The second-order valence-corrected chi connectivity index (χ2v) is 6.77. The zero-order chi connectivity index (χ0) is 14.9. The maximum Gasteiger partial charge on any atom is 0.230 e. The number of nitrogens with zero attached hydrogens (tertiary/aromatic N) is 2. The van der Waals surface area contributed by atoms with Gasteiger partial charge in [-0.2, -0.15) is 0 Å². The molecule has 1 amide bonds. The first kappa shape index (κ1) is 14.6. The smallest absolute Gasteiger partial charge is 0.230 e. The van der Waals surface area contributed by atoms with Gasteiger partial charge >= 0.3 is 0 Å². The van der Waals surface area contributed by atoms with E-state index >= 15 is 0 Å². The lowest BCUT2D eigenvalue weighted by Gasteiger charge is -2.52. The van der Waals surface area contributed by atoms with Crippen LogP contribution in [0.4, 0.5) is 0 Å². The third kappa shape index (κ3) is 2.71. The van der Waals surface area contributed by atoms with Crippen LogP contribution < -0.4 is 0 Å². The number of piperidine rings is 1. The highest BCUT2D eigenvalue weighted by Gasteiger charge is 2.52. The van der Waals surface area contributed by atoms with Crippen molar-refractivity contribution in [2.75, 3.05) is 26.2 Å². The molecule has 21 heavy (non-hydrogen) atoms. The molecule has 0 radical (unpaired) electrons. The van der Waals surface area contributed by atoms with E-state index in [1.807, 2.05) is 4.90 Å². The van der Waals surface area contributed by atoms with Crippen LogP contribution in [0.2, 0.25) is 0 Å². The van der Waals surface area contributed by atoms with Gasteiger partial charge in [0.05, 0.1) is 5.41 Å². The molecule has 114 valence electrons. The van der Waals surface area contributed by atoms with Crippen LogP contribution in [-0.2, 0) is 11.3 Å². The van der Waals surface area contributed by atoms with E-state index in [9.17, 15) is 4.79 Å². The quantitative estimate of drug-likeness (QED) is 0.795. The van der Waals surface area contributed by atoms with Gasteiger partial charge in [-0.1, -0.05) is 30.3 Å². The molecule has 2 saturated heterocycles. The van der Waals surface area contributed by atoms with E-state index in [4.69, 9.17) is 0 Å². The first-order chi connectivity index (χ1) is 10.1. The van der Waals surface area contributed by atoms with Crippen LogP contribution in [0.3, 0.4) is 0 Å². The number of hydrogen-bond donors (Lipinski definition) is 0. The number of hydrogen-bond acceptors (Lipinski definition) is 2. The summed E-state index contributed by atoms with van der Waals surface area (Å²) in [5, 5.41) is 0. The summed E-state index contributed by atoms with van der Waals surface area (Å²) in [5.41, 5.74) is 1.31. The van der Waals surface area contributed by atoms with E-state index in [1.165, 1.54) is 5.56 Å². The van der Waals surface area contributed by atoms with Crippen molar-refractivity contribution in [1.82, 2.24) is 9.80 Å². The minimum atomic E-state index is -0.0746. The Morgan fingerprint density at radius 1 is 1.19 bits per heavy atom. The summed E-state index contributed by atoms with van der Waals surface area (Å²) in [4.78, 5) is 16.8. The van der Waals surface area contributed by atoms with Crippen LogP contribution in [-0.4, -0.2) is 41.9 Å². The van der Waals surface area contributed by atoms with E-state index in [2.05, 4.69) is 49.1 Å². The molecule has 3 heteroatoms. The predicted molar refractivity (Wildman–Crippen MR) is 84.8 cm³/mol. The van der Waals surface area contributed by atoms with Crippen molar-refractivity contribution in [2.45, 2.75) is 33.2 Å². The normalized spacial score (nSPS) is 27.7. The van der Waals surface area contributed by atoms with Crippen molar-refractivity contribution in [1.29, 1.82) is 0 Å². The van der Waals surface area contributed by atoms with Gasteiger partial charge in [-0.25, -0.2) is 0 Å². The third-order valence-electron chi connectivity index (χ3n) is 5.41. The fourth-order valence-corrected chi connectivity index (χ4v) is 3.93. The Hall–Kier alpha value is -1.35. The molecule has 3 nitrogen and oxygen atoms in total. The maximum atomic E-state index is 12.3. The predicted octanol–water partition coefficient (Wildman–Crippen LogP) is 2.77. The molecular formula is C18H26N2O. The van der Waals surface area contributed by atoms with Crippen LogP contribution in [0.1, 0.15) is 32.3 Å². The Bertz CT molecular complexity index is 493. The van der Waals surface area contributed by atoms with E-state index < -0.39 is 0 Å². The van der Waals surface area contributed by atoms with Gasteiger partial charge in [-0.3, -0.25) is 9.69 Å². The minimum absolute atomic E-state index is 0.0746. The van der Waals surface area contributed by atoms with Crippen LogP contribution >= 0.6 is 0 Å². The standard InChI is InChI=1S/C18H26N2O/c1-3-20-14-18(2,17(20)21)16-9-11-19(12-10-16)13-15-7-5-4-6-8-15/h4-8,16H,3,9-14H2,1-2H3. The first-order valence-corrected chi connectivity index (χ1v) is 8.19. The second-order valence-electron chi connectivity index (χ2n) is 6.77. The van der Waals surface area contributed by atoms with Crippen LogP contribution in [0.25, 0.3) is 0 Å². The molecule has 0 aliphatic carbocycles. The lowest BCUT2D eigenvalue weighted by molar-refractivity contribution is -0.165. The number of amides is 1. The lowest BCUT2D eigenvalue weighted by Crippen LogP contribution is -2.63. The molecule has 0 spiro atoms. The molecule has 0 bridgehead atoms. The largest absolute Gasteiger partial charge is 0.341 e. The average Bonchev–Trinajstić information content (AvgIpc) is 2.53. The molecule has 1 atom stereocenters. The fraction of sp³-hybridized carbons (Fsp3) is 0.611. The number of carbonyl (C=O) groups excluding carboxylic acids is 1. The van der Waals surface area contributed by atoms with Gasteiger partial charge in [0.1, 0.15) is 0 Å². The van der Waals surface area contributed by atoms with Gasteiger partial charge in [0, 0.05) is 19.6 Å². The Balaban J connectivity index is 1.53. The highest BCUT2D eigenvalue weighted by molar-refractivity contribution is 5.88. The summed E-state index contributed by atoms with van der Waals surface area (Å²) < 4.78 is 0. The summed E-state index contributed by atoms with van der Waals surface area (Å²) in [6.45, 7) is 9.36. The Labute approximate surface area is 127 Å². The van der Waals surface area contributed by atoms with Crippen molar-refractivity contribution >= 4 is 5.91 Å². The Morgan fingerprint density at radius 2 is 1.86 bits per heavy atom. The molecule has 2 fully saturated rings. The zero-order valence-corrected chi connectivity index (χ0v) is 13.2. The van der Waals surface area contributed by atoms with Crippen LogP contribution in [0.5, 0.6) is 0 Å². The number of likely N-dealkylation sites (tertiary alicyclic amines) is 2. The molecule has 1 aromatic rings. The van der Waals surface area contributed by atoms with E-state index in [0.29, 0.717) is 11.8 Å². The molecule has 2 aliphatic heterocycles. The molecule has 1 unspecified atom stereocenters. The SMILES string of the molecule is CCN1CC(C)(C2CCN(Cc3ccccc3)CC2)C1=O. The number of β-lactam (4-membered cyclic amide) rings is 1. The van der Waals surface area contributed by atoms with E-state index in [-0.39, 0.29) is 5.41 Å². The number of rotatable bonds is 4. The molecule has 3 rings (SSSR count). The van der Waals surface area contributed by atoms with Crippen LogP contribution in [0.15, 0.2) is 30.3 Å². The summed E-state index contributed by atoms with van der Waals surface area (Å²) in [6, 6.07) is 10.7. The van der Waals surface area contributed by atoms with Crippen molar-refractivity contribution in [3.63, 3.8) is 0 Å². The third-order valence-corrected chi connectivity index (χ3v) is 5.41. The van der Waals surface area contributed by atoms with Crippen molar-refractivity contribution in [3.05, 3.63) is 35.9 Å². The maximum absolute atomic E-state index is 12.3. The second kappa shape index (κ2) is 5.80. The van der Waals surface area contributed by atoms with Gasteiger partial charge in [0.15, 0.2) is 0 Å². The summed E-state index contributed by atoms with van der Waals surface area (Å²) >= 11 is 0. The number of carbonyl (C=O) groups is 1. The van der Waals surface area contributed by atoms with Crippen LogP contribution in [0, 0.1) is 11.3 Å².